The molecular weight excluding hydrogens is 802 g/mol. The molecule has 55 heavy (non-hydrogen) atoms. The molecule has 4 heterocycles. The number of rotatable bonds is 9. The van der Waals surface area contributed by atoms with Crippen LogP contribution in [0.1, 0.15) is 1.43 Å². The molecule has 0 radical (unpaired) electrons. The molecule has 278 valence electrons. The van der Waals surface area contributed by atoms with Gasteiger partial charge in [0.25, 0.3) is 17.8 Å². The van der Waals surface area contributed by atoms with Crippen LogP contribution in [0, 0.1) is 20.2 Å². The monoisotopic (exact) mass is 830 g/mol. The van der Waals surface area contributed by atoms with Crippen LogP contribution in [0.2, 0.25) is 5.15 Å². The van der Waals surface area contributed by atoms with Gasteiger partial charge in [0.1, 0.15) is 23.3 Å². The van der Waals surface area contributed by atoms with Crippen LogP contribution in [0.4, 0.5) is 11.4 Å². The summed E-state index contributed by atoms with van der Waals surface area (Å²) >= 11 is 5.38. The molecule has 0 fully saturated rings. The number of nitro groups is 2. The third-order valence-corrected chi connectivity index (χ3v) is 6.80. The second-order valence-corrected chi connectivity index (χ2v) is 10.0. The summed E-state index contributed by atoms with van der Waals surface area (Å²) in [6, 6.07) is 15.5. The van der Waals surface area contributed by atoms with Gasteiger partial charge in [0, 0.05) is 59.6 Å². The quantitative estimate of drug-likeness (QED) is 0.0462. The predicted octanol–water partition coefficient (Wildman–Crippen LogP) is -0.909. The number of ether oxygens (including phenoxy) is 5. The van der Waals surface area contributed by atoms with Crippen molar-refractivity contribution in [3.05, 3.63) is 121 Å². The van der Waals surface area contributed by atoms with Gasteiger partial charge >= 0.3 is 103 Å². The largest absolute Gasteiger partial charge is 1.00 e. The zero-order valence-corrected chi connectivity index (χ0v) is 37.1. The van der Waals surface area contributed by atoms with Gasteiger partial charge in [0.2, 0.25) is 5.88 Å². The zero-order chi connectivity index (χ0) is 38.9. The van der Waals surface area contributed by atoms with Crippen molar-refractivity contribution in [1.82, 2.24) is 19.9 Å². The summed E-state index contributed by atoms with van der Waals surface area (Å²) in [7, 11) is 6.19. The van der Waals surface area contributed by atoms with Crippen molar-refractivity contribution in [2.24, 2.45) is 0 Å². The molecule has 0 atom stereocenters. The minimum Gasteiger partial charge on any atom is -1.00 e. The first kappa shape index (κ1) is 49.2. The van der Waals surface area contributed by atoms with E-state index >= 15 is 0 Å². The summed E-state index contributed by atoms with van der Waals surface area (Å²) in [5.74, 6) is 3.00. The van der Waals surface area contributed by atoms with Crippen molar-refractivity contribution >= 4 is 51.3 Å². The van der Waals surface area contributed by atoms with Crippen molar-refractivity contribution in [3.8, 4) is 34.6 Å². The Balaban J connectivity index is 0.000000813. The molecule has 0 aliphatic heterocycles. The van der Waals surface area contributed by atoms with Crippen LogP contribution >= 0.6 is 11.6 Å². The summed E-state index contributed by atoms with van der Waals surface area (Å²) in [4.78, 5) is 57.2. The minimum atomic E-state index is -0.524. The fourth-order valence-corrected chi connectivity index (χ4v) is 4.28. The SMILES string of the molecule is COc1cc2[nH]ccc(=O)c2cc1OC.COc1cc2nccc(Oc3ccc([N+](=O)[O-])cn3)c2cc1OC.O=CO[O-].O=[N+]([O-])c1ccc(Cl)nc1.[H-].[K+].[K+]. The molecule has 4 aromatic heterocycles. The molecule has 0 spiro atoms. The number of carbonyl (C=O) groups is 1. The van der Waals surface area contributed by atoms with Gasteiger partial charge in [-0.05, 0) is 24.3 Å². The Bertz CT molecular complexity index is 2240. The first-order valence-electron chi connectivity index (χ1n) is 14.5. The van der Waals surface area contributed by atoms with E-state index < -0.39 is 9.85 Å². The Morgan fingerprint density at radius 3 is 1.75 bits per heavy atom. The molecule has 0 bridgehead atoms. The van der Waals surface area contributed by atoms with Crippen LogP contribution in [-0.4, -0.2) is 64.7 Å². The van der Waals surface area contributed by atoms with Crippen molar-refractivity contribution in [2.45, 2.75) is 0 Å². The molecule has 0 aliphatic carbocycles. The van der Waals surface area contributed by atoms with Crippen molar-refractivity contribution in [1.29, 1.82) is 0 Å². The number of H-pyrrole nitrogens is 1. The van der Waals surface area contributed by atoms with Gasteiger partial charge in [-0.2, -0.15) is 0 Å². The van der Waals surface area contributed by atoms with Gasteiger partial charge < -0.3 is 40.2 Å². The van der Waals surface area contributed by atoms with Gasteiger partial charge in [-0.1, -0.05) is 11.6 Å². The Morgan fingerprint density at radius 1 is 0.727 bits per heavy atom. The molecule has 0 saturated heterocycles. The fraction of sp³-hybridized carbons (Fsp3) is 0.121. The van der Waals surface area contributed by atoms with Crippen LogP contribution < -0.4 is 137 Å². The van der Waals surface area contributed by atoms with E-state index in [1.165, 1.54) is 30.3 Å². The van der Waals surface area contributed by atoms with E-state index in [9.17, 15) is 25.0 Å². The van der Waals surface area contributed by atoms with Crippen molar-refractivity contribution in [2.75, 3.05) is 28.4 Å². The molecule has 0 aliphatic rings. The molecule has 1 N–H and O–H groups in total. The van der Waals surface area contributed by atoms with E-state index in [1.54, 1.807) is 71.2 Å². The van der Waals surface area contributed by atoms with Gasteiger partial charge in [0.15, 0.2) is 28.4 Å². The number of nitrogens with one attached hydrogen (secondary N) is 1. The predicted molar refractivity (Wildman–Crippen MR) is 188 cm³/mol. The number of halogens is 1. The average Bonchev–Trinajstić information content (AvgIpc) is 3.18. The van der Waals surface area contributed by atoms with E-state index in [0.29, 0.717) is 45.0 Å². The Labute approximate surface area is 402 Å². The number of fused-ring (bicyclic) bond motifs is 2. The zero-order valence-electron chi connectivity index (χ0n) is 31.1. The maximum atomic E-state index is 11.5. The molecule has 0 saturated carbocycles. The summed E-state index contributed by atoms with van der Waals surface area (Å²) < 4.78 is 26.5. The first-order valence-corrected chi connectivity index (χ1v) is 14.9. The normalized spacial score (nSPS) is 9.42. The molecule has 19 nitrogen and oxygen atoms in total. The topological polar surface area (TPSA) is 253 Å². The minimum absolute atomic E-state index is 0. The molecule has 22 heteroatoms. The summed E-state index contributed by atoms with van der Waals surface area (Å²) in [5.41, 5.74) is 1.20. The maximum Gasteiger partial charge on any atom is 1.00 e. The summed E-state index contributed by atoms with van der Waals surface area (Å²) in [5, 5.41) is 30.7. The van der Waals surface area contributed by atoms with Crippen molar-refractivity contribution in [3.63, 3.8) is 0 Å². The number of methoxy groups -OCH3 is 4. The van der Waals surface area contributed by atoms with Gasteiger partial charge in [-0.15, -0.1) is 0 Å². The molecule has 2 aromatic carbocycles. The molecule has 0 unspecified atom stereocenters. The number of aromatic amines is 1. The Kier molecular flexibility index (Phi) is 22.7. The smallest absolute Gasteiger partial charge is 1.00 e. The molecule has 0 amide bonds. The third-order valence-electron chi connectivity index (χ3n) is 6.58. The standard InChI is InChI=1S/C16H13N3O5.C11H11NO3.C5H3ClN2O2.CH2O3.2K.H/c1-22-14-7-11-12(8-15(14)23-2)17-6-5-13(11)24-16-4-3-10(9-18-16)19(20)21;1-14-10-5-7-8(6-11(10)15-2)12-4-3-9(7)13;6-5-2-1-4(3-7-5)8(9)10;2-1-4-3;;;/h3-9H,1-2H3;3-6H,1-2H3,(H,12,13);1-3H;1,3H;;;/q;;;;2*+1;-1/p-1. The van der Waals surface area contributed by atoms with Crippen LogP contribution in [0.15, 0.2) is 90.2 Å². The summed E-state index contributed by atoms with van der Waals surface area (Å²) in [6.07, 6.45) is 5.45. The van der Waals surface area contributed by atoms with Crippen LogP contribution in [0.3, 0.4) is 0 Å². The number of hydrogen-bond acceptors (Lipinski definition) is 16. The molecule has 6 aromatic rings. The number of aromatic nitrogens is 4. The molecule has 6 rings (SSSR count). The van der Waals surface area contributed by atoms with E-state index in [4.69, 9.17) is 45.3 Å². The van der Waals surface area contributed by atoms with E-state index in [1.807, 2.05) is 0 Å². The maximum absolute atomic E-state index is 11.5. The number of nitrogens with zero attached hydrogens (tertiary/aromatic N) is 5. The number of benzene rings is 2. The number of carbonyl (C=O) groups excluding carboxylic acids is 1. The van der Waals surface area contributed by atoms with Gasteiger partial charge in [0.05, 0.1) is 49.3 Å². The van der Waals surface area contributed by atoms with E-state index in [2.05, 4.69) is 24.8 Å². The van der Waals surface area contributed by atoms with Crippen molar-refractivity contribution < 1.29 is 153 Å². The third kappa shape index (κ3) is 14.6. The fourth-order valence-electron chi connectivity index (χ4n) is 4.17. The molecular formula is C33H29ClK2N6O13. The van der Waals surface area contributed by atoms with Gasteiger partial charge in [-0.25, -0.2) is 9.97 Å². The van der Waals surface area contributed by atoms with Crippen LogP contribution in [0.5, 0.6) is 34.6 Å². The van der Waals surface area contributed by atoms with Gasteiger partial charge in [-0.3, -0.25) is 34.8 Å². The second kappa shape index (κ2) is 25.3. The number of pyridine rings is 4. The van der Waals surface area contributed by atoms with E-state index in [-0.39, 0.29) is 139 Å². The average molecular weight is 831 g/mol. The number of hydrogen-bond donors (Lipinski definition) is 1. The summed E-state index contributed by atoms with van der Waals surface area (Å²) in [6.45, 7) is -0.181. The second-order valence-electron chi connectivity index (χ2n) is 9.63. The van der Waals surface area contributed by atoms with Crippen LogP contribution in [-0.2, 0) is 9.68 Å². The first-order chi connectivity index (χ1) is 25.5. The Morgan fingerprint density at radius 2 is 1.25 bits per heavy atom. The Hall–Kier alpha value is -3.85. The van der Waals surface area contributed by atoms with Crippen LogP contribution in [0.25, 0.3) is 21.8 Å². The van der Waals surface area contributed by atoms with E-state index in [0.717, 1.165) is 17.9 Å².